The van der Waals surface area contributed by atoms with Crippen LogP contribution in [-0.2, 0) is 9.53 Å². The lowest BCUT2D eigenvalue weighted by Gasteiger charge is -2.25. The van der Waals surface area contributed by atoms with E-state index in [0.717, 1.165) is 25.9 Å². The SMILES string of the molecule is CC(C)CCOC(C)(C)CCNC=O. The van der Waals surface area contributed by atoms with E-state index in [1.165, 1.54) is 0 Å². The summed E-state index contributed by atoms with van der Waals surface area (Å²) in [6, 6.07) is 0. The van der Waals surface area contributed by atoms with Crippen LogP contribution in [0.4, 0.5) is 0 Å². The molecule has 0 rings (SSSR count). The van der Waals surface area contributed by atoms with Gasteiger partial charge in [-0.15, -0.1) is 0 Å². The van der Waals surface area contributed by atoms with Crippen LogP contribution in [0, 0.1) is 5.92 Å². The molecule has 0 radical (unpaired) electrons. The molecule has 0 aliphatic heterocycles. The van der Waals surface area contributed by atoms with Gasteiger partial charge in [0.1, 0.15) is 0 Å². The smallest absolute Gasteiger partial charge is 0.207 e. The van der Waals surface area contributed by atoms with Crippen LogP contribution in [0.1, 0.15) is 40.5 Å². The Morgan fingerprint density at radius 2 is 2.07 bits per heavy atom. The monoisotopic (exact) mass is 201 g/mol. The van der Waals surface area contributed by atoms with Crippen LogP contribution in [0.2, 0.25) is 0 Å². The van der Waals surface area contributed by atoms with Crippen molar-refractivity contribution < 1.29 is 9.53 Å². The zero-order valence-corrected chi connectivity index (χ0v) is 9.80. The van der Waals surface area contributed by atoms with E-state index in [4.69, 9.17) is 4.74 Å². The average molecular weight is 201 g/mol. The molecule has 0 spiro atoms. The van der Waals surface area contributed by atoms with Gasteiger partial charge in [-0.05, 0) is 32.6 Å². The van der Waals surface area contributed by atoms with Crippen LogP contribution in [0.25, 0.3) is 0 Å². The quantitative estimate of drug-likeness (QED) is 0.481. The zero-order valence-electron chi connectivity index (χ0n) is 9.80. The van der Waals surface area contributed by atoms with Crippen LogP contribution in [0.5, 0.6) is 0 Å². The summed E-state index contributed by atoms with van der Waals surface area (Å²) in [7, 11) is 0. The van der Waals surface area contributed by atoms with E-state index >= 15 is 0 Å². The molecule has 1 amide bonds. The van der Waals surface area contributed by atoms with Gasteiger partial charge in [-0.3, -0.25) is 4.79 Å². The van der Waals surface area contributed by atoms with Crippen LogP contribution in [0.15, 0.2) is 0 Å². The highest BCUT2D eigenvalue weighted by Gasteiger charge is 2.17. The maximum absolute atomic E-state index is 10.0. The van der Waals surface area contributed by atoms with Crippen LogP contribution < -0.4 is 5.32 Å². The van der Waals surface area contributed by atoms with E-state index < -0.39 is 0 Å². The fraction of sp³-hybridized carbons (Fsp3) is 0.909. The van der Waals surface area contributed by atoms with Gasteiger partial charge in [0.05, 0.1) is 5.60 Å². The first-order chi connectivity index (χ1) is 6.48. The molecule has 1 N–H and O–H groups in total. The summed E-state index contributed by atoms with van der Waals surface area (Å²) in [5.41, 5.74) is -0.134. The van der Waals surface area contributed by atoms with Gasteiger partial charge < -0.3 is 10.1 Å². The fourth-order valence-corrected chi connectivity index (χ4v) is 1.08. The first-order valence-corrected chi connectivity index (χ1v) is 5.29. The minimum atomic E-state index is -0.134. The van der Waals surface area contributed by atoms with E-state index in [-0.39, 0.29) is 5.60 Å². The molecule has 0 heterocycles. The van der Waals surface area contributed by atoms with E-state index in [1.54, 1.807) is 0 Å². The van der Waals surface area contributed by atoms with Crippen molar-refractivity contribution in [3.8, 4) is 0 Å². The van der Waals surface area contributed by atoms with Crippen molar-refractivity contribution in [2.45, 2.75) is 46.1 Å². The van der Waals surface area contributed by atoms with Gasteiger partial charge >= 0.3 is 0 Å². The van der Waals surface area contributed by atoms with Gasteiger partial charge in [0.15, 0.2) is 0 Å². The number of carbonyl (C=O) groups excluding carboxylic acids is 1. The molecule has 3 heteroatoms. The Hall–Kier alpha value is -0.570. The highest BCUT2D eigenvalue weighted by atomic mass is 16.5. The number of ether oxygens (including phenoxy) is 1. The lowest BCUT2D eigenvalue weighted by Crippen LogP contribution is -2.30. The third kappa shape index (κ3) is 8.05. The molecule has 0 saturated heterocycles. The Morgan fingerprint density at radius 1 is 1.43 bits per heavy atom. The van der Waals surface area contributed by atoms with Crippen molar-refractivity contribution in [1.29, 1.82) is 0 Å². The first kappa shape index (κ1) is 13.4. The Kier molecular flexibility index (Phi) is 6.54. The molecule has 0 saturated carbocycles. The van der Waals surface area contributed by atoms with E-state index in [2.05, 4.69) is 33.0 Å². The normalized spacial score (nSPS) is 11.8. The Labute approximate surface area is 87.2 Å². The number of hydrogen-bond donors (Lipinski definition) is 1. The molecule has 0 fully saturated rings. The molecule has 0 atom stereocenters. The molecule has 0 aromatic carbocycles. The van der Waals surface area contributed by atoms with Crippen molar-refractivity contribution in [1.82, 2.24) is 5.32 Å². The molecule has 14 heavy (non-hydrogen) atoms. The largest absolute Gasteiger partial charge is 0.375 e. The fourth-order valence-electron chi connectivity index (χ4n) is 1.08. The highest BCUT2D eigenvalue weighted by molar-refractivity contribution is 5.45. The van der Waals surface area contributed by atoms with Crippen LogP contribution in [-0.4, -0.2) is 25.2 Å². The second-order valence-corrected chi connectivity index (χ2v) is 4.61. The minimum absolute atomic E-state index is 0.134. The summed E-state index contributed by atoms with van der Waals surface area (Å²) in [5.74, 6) is 0.680. The standard InChI is InChI=1S/C11H23NO2/c1-10(2)5-8-14-11(3,4)6-7-12-9-13/h9-10H,5-8H2,1-4H3,(H,12,13). The second-order valence-electron chi connectivity index (χ2n) is 4.61. The van der Waals surface area contributed by atoms with Crippen molar-refractivity contribution in [3.63, 3.8) is 0 Å². The summed E-state index contributed by atoms with van der Waals surface area (Å²) in [6.07, 6.45) is 2.67. The molecular formula is C11H23NO2. The Balaban J connectivity index is 3.55. The van der Waals surface area contributed by atoms with E-state index in [0.29, 0.717) is 12.5 Å². The first-order valence-electron chi connectivity index (χ1n) is 5.29. The molecule has 0 unspecified atom stereocenters. The lowest BCUT2D eigenvalue weighted by atomic mass is 10.1. The van der Waals surface area contributed by atoms with Crippen molar-refractivity contribution >= 4 is 6.41 Å². The average Bonchev–Trinajstić information content (AvgIpc) is 2.03. The molecular weight excluding hydrogens is 178 g/mol. The molecule has 0 aromatic rings. The van der Waals surface area contributed by atoms with Crippen molar-refractivity contribution in [2.75, 3.05) is 13.2 Å². The number of rotatable bonds is 8. The maximum Gasteiger partial charge on any atom is 0.207 e. The number of nitrogens with one attached hydrogen (secondary N) is 1. The molecule has 0 aliphatic rings. The Bertz CT molecular complexity index is 155. The van der Waals surface area contributed by atoms with Gasteiger partial charge in [-0.1, -0.05) is 13.8 Å². The molecule has 84 valence electrons. The number of hydrogen-bond acceptors (Lipinski definition) is 2. The van der Waals surface area contributed by atoms with Gasteiger partial charge in [0.2, 0.25) is 6.41 Å². The van der Waals surface area contributed by atoms with Gasteiger partial charge in [0, 0.05) is 13.2 Å². The topological polar surface area (TPSA) is 38.3 Å². The number of amides is 1. The van der Waals surface area contributed by atoms with Gasteiger partial charge in [0.25, 0.3) is 0 Å². The molecule has 0 aromatic heterocycles. The van der Waals surface area contributed by atoms with Crippen LogP contribution in [0.3, 0.4) is 0 Å². The molecule has 3 nitrogen and oxygen atoms in total. The third-order valence-electron chi connectivity index (χ3n) is 2.14. The summed E-state index contributed by atoms with van der Waals surface area (Å²) in [6.45, 7) is 9.96. The second kappa shape index (κ2) is 6.82. The third-order valence-corrected chi connectivity index (χ3v) is 2.14. The van der Waals surface area contributed by atoms with E-state index in [9.17, 15) is 4.79 Å². The molecule has 0 bridgehead atoms. The summed E-state index contributed by atoms with van der Waals surface area (Å²) < 4.78 is 5.73. The number of carbonyl (C=O) groups is 1. The predicted molar refractivity (Wildman–Crippen MR) is 58.2 cm³/mol. The highest BCUT2D eigenvalue weighted by Crippen LogP contribution is 2.14. The summed E-state index contributed by atoms with van der Waals surface area (Å²) in [4.78, 5) is 10.0. The predicted octanol–water partition coefficient (Wildman–Crippen LogP) is 1.96. The van der Waals surface area contributed by atoms with Gasteiger partial charge in [-0.25, -0.2) is 0 Å². The van der Waals surface area contributed by atoms with Crippen molar-refractivity contribution in [3.05, 3.63) is 0 Å². The summed E-state index contributed by atoms with van der Waals surface area (Å²) in [5, 5.41) is 2.64. The lowest BCUT2D eigenvalue weighted by molar-refractivity contribution is -0.109. The zero-order chi connectivity index (χ0) is 11.0. The Morgan fingerprint density at radius 3 is 2.57 bits per heavy atom. The summed E-state index contributed by atoms with van der Waals surface area (Å²) >= 11 is 0. The maximum atomic E-state index is 10.0. The van der Waals surface area contributed by atoms with Crippen LogP contribution >= 0.6 is 0 Å². The minimum Gasteiger partial charge on any atom is -0.375 e. The van der Waals surface area contributed by atoms with Gasteiger partial charge in [-0.2, -0.15) is 0 Å². The van der Waals surface area contributed by atoms with E-state index in [1.807, 2.05) is 0 Å². The molecule has 0 aliphatic carbocycles. The van der Waals surface area contributed by atoms with Crippen molar-refractivity contribution in [2.24, 2.45) is 5.92 Å².